The number of anilines is 2. The minimum absolute atomic E-state index is 0.251. The van der Waals surface area contributed by atoms with E-state index >= 15 is 0 Å². The molecule has 2 aliphatic heterocycles. The maximum absolute atomic E-state index is 12.8. The lowest BCUT2D eigenvalue weighted by molar-refractivity contribution is -0.222. The van der Waals surface area contributed by atoms with Crippen LogP contribution in [-0.2, 0) is 19.1 Å². The zero-order valence-electron chi connectivity index (χ0n) is 16.8. The van der Waals surface area contributed by atoms with Gasteiger partial charge in [-0.05, 0) is 48.9 Å². The van der Waals surface area contributed by atoms with Gasteiger partial charge in [0.2, 0.25) is 0 Å². The molecule has 0 atom stereocenters. The van der Waals surface area contributed by atoms with E-state index in [1.54, 1.807) is 31.2 Å². The van der Waals surface area contributed by atoms with Crippen LogP contribution in [-0.4, -0.2) is 29.5 Å². The molecular weight excluding hydrogens is 424 g/mol. The van der Waals surface area contributed by atoms with Crippen molar-refractivity contribution in [2.45, 2.75) is 26.6 Å². The number of amides is 2. The van der Waals surface area contributed by atoms with Gasteiger partial charge in [0.05, 0.1) is 16.8 Å². The Kier molecular flexibility index (Phi) is 4.82. The van der Waals surface area contributed by atoms with Crippen LogP contribution in [0, 0.1) is 6.92 Å². The number of nitrogens with one attached hydrogen (secondary N) is 1. The van der Waals surface area contributed by atoms with Crippen LogP contribution >= 0.6 is 11.6 Å². The van der Waals surface area contributed by atoms with Gasteiger partial charge in [0, 0.05) is 30.8 Å². The monoisotopic (exact) mass is 440 g/mol. The highest BCUT2D eigenvalue weighted by atomic mass is 35.5. The molecule has 2 aromatic carbocycles. The average molecular weight is 441 g/mol. The summed E-state index contributed by atoms with van der Waals surface area (Å²) in [6, 6.07) is 9.44. The van der Waals surface area contributed by atoms with Crippen molar-refractivity contribution in [2.24, 2.45) is 0 Å². The molecule has 1 saturated heterocycles. The number of halogens is 1. The molecule has 158 valence electrons. The van der Waals surface area contributed by atoms with Crippen LogP contribution in [0.15, 0.2) is 48.2 Å². The van der Waals surface area contributed by atoms with Crippen molar-refractivity contribution >= 4 is 46.7 Å². The maximum atomic E-state index is 12.8. The third kappa shape index (κ3) is 3.66. The summed E-state index contributed by atoms with van der Waals surface area (Å²) in [7, 11) is 0. The predicted octanol–water partition coefficient (Wildman–Crippen LogP) is 3.58. The molecule has 0 aromatic heterocycles. The fourth-order valence-electron chi connectivity index (χ4n) is 3.36. The lowest BCUT2D eigenvalue weighted by Gasteiger charge is -2.29. The van der Waals surface area contributed by atoms with E-state index in [4.69, 9.17) is 21.1 Å². The second-order valence-electron chi connectivity index (χ2n) is 7.52. The second-order valence-corrected chi connectivity index (χ2v) is 7.95. The number of imide groups is 1. The van der Waals surface area contributed by atoms with Gasteiger partial charge in [-0.2, -0.15) is 0 Å². The number of aryl methyl sites for hydroxylation is 1. The van der Waals surface area contributed by atoms with Crippen LogP contribution in [0.4, 0.5) is 11.4 Å². The number of esters is 2. The molecular formula is C22H17ClN2O6. The number of benzene rings is 2. The summed E-state index contributed by atoms with van der Waals surface area (Å²) in [4.78, 5) is 50.6. The van der Waals surface area contributed by atoms with E-state index in [0.717, 1.165) is 4.90 Å². The number of carbonyl (C=O) groups excluding carboxylic acids is 4. The van der Waals surface area contributed by atoms with Gasteiger partial charge in [-0.25, -0.2) is 14.5 Å². The molecule has 0 bridgehead atoms. The van der Waals surface area contributed by atoms with Gasteiger partial charge in [0.1, 0.15) is 0 Å². The van der Waals surface area contributed by atoms with Crippen molar-refractivity contribution in [1.82, 2.24) is 0 Å². The van der Waals surface area contributed by atoms with Crippen molar-refractivity contribution < 1.29 is 28.7 Å². The molecule has 1 N–H and O–H groups in total. The third-order valence-corrected chi connectivity index (χ3v) is 5.02. The first-order valence-corrected chi connectivity index (χ1v) is 9.67. The van der Waals surface area contributed by atoms with Crippen molar-refractivity contribution in [1.29, 1.82) is 0 Å². The zero-order chi connectivity index (χ0) is 22.5. The van der Waals surface area contributed by atoms with E-state index in [2.05, 4.69) is 5.32 Å². The number of cyclic esters (lactones) is 2. The summed E-state index contributed by atoms with van der Waals surface area (Å²) in [5.74, 6) is -3.81. The number of ether oxygens (including phenoxy) is 2. The Morgan fingerprint density at radius 2 is 1.58 bits per heavy atom. The average Bonchev–Trinajstić information content (AvgIpc) is 2.90. The summed E-state index contributed by atoms with van der Waals surface area (Å²) in [6.45, 7) is 4.65. The number of rotatable bonds is 3. The van der Waals surface area contributed by atoms with Gasteiger partial charge >= 0.3 is 11.9 Å². The quantitative estimate of drug-likeness (QED) is 0.337. The molecule has 2 amide bonds. The largest absolute Gasteiger partial charge is 0.419 e. The Bertz CT molecular complexity index is 1180. The molecule has 4 rings (SSSR count). The first-order chi connectivity index (χ1) is 14.6. The molecule has 2 aliphatic rings. The number of hydrogen-bond donors (Lipinski definition) is 1. The molecule has 0 aliphatic carbocycles. The third-order valence-electron chi connectivity index (χ3n) is 4.79. The van der Waals surface area contributed by atoms with Crippen LogP contribution in [0.2, 0.25) is 5.02 Å². The van der Waals surface area contributed by atoms with Crippen molar-refractivity contribution in [3.63, 3.8) is 0 Å². The molecule has 2 aromatic rings. The van der Waals surface area contributed by atoms with Crippen molar-refractivity contribution in [3.8, 4) is 0 Å². The first-order valence-electron chi connectivity index (χ1n) is 9.30. The Balaban J connectivity index is 1.57. The van der Waals surface area contributed by atoms with Gasteiger partial charge in [0.25, 0.3) is 17.6 Å². The Morgan fingerprint density at radius 1 is 0.935 bits per heavy atom. The zero-order valence-corrected chi connectivity index (χ0v) is 17.6. The summed E-state index contributed by atoms with van der Waals surface area (Å²) in [5, 5.41) is 3.21. The van der Waals surface area contributed by atoms with Crippen LogP contribution in [0.1, 0.15) is 40.1 Å². The summed E-state index contributed by atoms with van der Waals surface area (Å²) >= 11 is 5.96. The van der Waals surface area contributed by atoms with Gasteiger partial charge in [-0.1, -0.05) is 11.6 Å². The minimum atomic E-state index is -1.32. The lowest BCUT2D eigenvalue weighted by atomic mass is 10.1. The van der Waals surface area contributed by atoms with Crippen molar-refractivity contribution in [3.05, 3.63) is 69.9 Å². The SMILES string of the molecule is Cc1cc(NC=C2C(=O)OC(C)(C)OC2=O)ccc1N1C(=O)c2ccc(Cl)cc2C1=O. The molecule has 31 heavy (non-hydrogen) atoms. The minimum Gasteiger partial charge on any atom is -0.419 e. The van der Waals surface area contributed by atoms with E-state index in [-0.39, 0.29) is 16.7 Å². The molecule has 9 heteroatoms. The Morgan fingerprint density at radius 3 is 2.23 bits per heavy atom. The van der Waals surface area contributed by atoms with Crippen molar-refractivity contribution in [2.75, 3.05) is 10.2 Å². The van der Waals surface area contributed by atoms with Gasteiger partial charge in [-0.15, -0.1) is 0 Å². The highest BCUT2D eigenvalue weighted by Gasteiger charge is 2.39. The highest BCUT2D eigenvalue weighted by molar-refractivity contribution is 6.37. The Hall–Kier alpha value is -3.65. The topological polar surface area (TPSA) is 102 Å². The fourth-order valence-corrected chi connectivity index (χ4v) is 3.53. The molecule has 0 radical (unpaired) electrons. The predicted molar refractivity (Wildman–Crippen MR) is 112 cm³/mol. The highest BCUT2D eigenvalue weighted by Crippen LogP contribution is 2.33. The van der Waals surface area contributed by atoms with E-state index < -0.39 is 29.5 Å². The number of hydrogen-bond acceptors (Lipinski definition) is 7. The molecule has 0 saturated carbocycles. The number of nitrogens with zero attached hydrogens (tertiary/aromatic N) is 1. The van der Waals surface area contributed by atoms with E-state index in [1.165, 1.54) is 32.2 Å². The molecule has 1 fully saturated rings. The normalized spacial score (nSPS) is 17.3. The van der Waals surface area contributed by atoms with Crippen LogP contribution < -0.4 is 10.2 Å². The van der Waals surface area contributed by atoms with E-state index in [1.807, 2.05) is 0 Å². The summed E-state index contributed by atoms with van der Waals surface area (Å²) in [5.41, 5.74) is 1.83. The number of carbonyl (C=O) groups is 4. The molecule has 0 unspecified atom stereocenters. The summed E-state index contributed by atoms with van der Waals surface area (Å²) in [6.07, 6.45) is 1.19. The Labute approximate surface area is 182 Å². The first kappa shape index (κ1) is 20.6. The van der Waals surface area contributed by atoms with Gasteiger partial charge in [-0.3, -0.25) is 9.59 Å². The molecule has 2 heterocycles. The van der Waals surface area contributed by atoms with Crippen LogP contribution in [0.5, 0.6) is 0 Å². The lowest BCUT2D eigenvalue weighted by Crippen LogP contribution is -2.42. The summed E-state index contributed by atoms with van der Waals surface area (Å²) < 4.78 is 10.1. The van der Waals surface area contributed by atoms with E-state index in [9.17, 15) is 19.2 Å². The fraction of sp³-hybridized carbons (Fsp3) is 0.182. The van der Waals surface area contributed by atoms with Gasteiger partial charge < -0.3 is 14.8 Å². The van der Waals surface area contributed by atoms with Gasteiger partial charge in [0.15, 0.2) is 5.57 Å². The smallest absolute Gasteiger partial charge is 0.350 e. The number of fused-ring (bicyclic) bond motifs is 1. The second kappa shape index (κ2) is 7.24. The van der Waals surface area contributed by atoms with Crippen LogP contribution in [0.3, 0.4) is 0 Å². The standard InChI is InChI=1S/C22H17ClN2O6/c1-11-8-13(24-10-16-20(28)30-22(2,3)31-21(16)29)5-7-17(11)25-18(26)14-6-4-12(23)9-15(14)19(25)27/h4-10,24H,1-3H3. The van der Waals surface area contributed by atoms with Crippen LogP contribution in [0.25, 0.3) is 0 Å². The van der Waals surface area contributed by atoms with E-state index in [0.29, 0.717) is 22.0 Å². The molecule has 8 nitrogen and oxygen atoms in total. The molecule has 0 spiro atoms. The maximum Gasteiger partial charge on any atom is 0.350 e.